The van der Waals surface area contributed by atoms with Gasteiger partial charge in [0.25, 0.3) is 0 Å². The van der Waals surface area contributed by atoms with Crippen LogP contribution in [0, 0.1) is 6.92 Å². The Hall–Kier alpha value is -3.96. The van der Waals surface area contributed by atoms with Crippen LogP contribution in [0.5, 0.6) is 5.88 Å². The molecule has 2 N–H and O–H groups in total. The zero-order valence-electron chi connectivity index (χ0n) is 23.4. The summed E-state index contributed by atoms with van der Waals surface area (Å²) in [4.78, 5) is 33.5. The lowest BCUT2D eigenvalue weighted by Crippen LogP contribution is -2.63. The SMILES string of the molecule is Cc1c(N2CCc3cnc(Nc4ccc(CC(=O)N5CC(N6CCOCC6)C5)cc4)nc3C2)cnc2c1NCCO2. The van der Waals surface area contributed by atoms with Gasteiger partial charge in [-0.2, -0.15) is 0 Å². The van der Waals surface area contributed by atoms with Crippen LogP contribution in [0.3, 0.4) is 0 Å². The van der Waals surface area contributed by atoms with E-state index in [1.807, 2.05) is 41.6 Å². The molecule has 6 heterocycles. The zero-order valence-corrected chi connectivity index (χ0v) is 23.4. The van der Waals surface area contributed by atoms with Gasteiger partial charge in [0, 0.05) is 62.8 Å². The van der Waals surface area contributed by atoms with E-state index in [1.54, 1.807) is 0 Å². The lowest BCUT2D eigenvalue weighted by atomic mass is 10.0. The number of anilines is 4. The predicted octanol–water partition coefficient (Wildman–Crippen LogP) is 2.38. The summed E-state index contributed by atoms with van der Waals surface area (Å²) in [6.07, 6.45) is 5.13. The van der Waals surface area contributed by atoms with Gasteiger partial charge in [-0.15, -0.1) is 0 Å². The molecule has 4 aliphatic rings. The molecular weight excluding hydrogens is 520 g/mol. The monoisotopic (exact) mass is 556 g/mol. The standard InChI is InChI=1S/C30H36N8O3/c1-20-26(16-32-29-28(20)31-7-11-41-29)37-8-6-22-15-33-30(35-25(22)19-37)34-23-4-2-21(3-5-23)14-27(39)38-17-24(18-38)36-9-12-40-13-10-36/h2-5,15-16,24,31H,6-14,17-19H2,1H3,(H,33,34,35). The van der Waals surface area contributed by atoms with Gasteiger partial charge in [0.2, 0.25) is 17.7 Å². The molecule has 1 aromatic carbocycles. The van der Waals surface area contributed by atoms with E-state index >= 15 is 0 Å². The third kappa shape index (κ3) is 5.39. The minimum atomic E-state index is 0.186. The van der Waals surface area contributed by atoms with Gasteiger partial charge in [-0.1, -0.05) is 12.1 Å². The van der Waals surface area contributed by atoms with Gasteiger partial charge in [-0.25, -0.2) is 15.0 Å². The number of likely N-dealkylation sites (tertiary alicyclic amines) is 1. The number of fused-ring (bicyclic) bond motifs is 2. The number of rotatable bonds is 6. The summed E-state index contributed by atoms with van der Waals surface area (Å²) < 4.78 is 11.1. The van der Waals surface area contributed by atoms with Gasteiger partial charge in [-0.3, -0.25) is 9.69 Å². The first kappa shape index (κ1) is 26.0. The van der Waals surface area contributed by atoms with Crippen molar-refractivity contribution in [2.45, 2.75) is 32.4 Å². The van der Waals surface area contributed by atoms with Gasteiger partial charge >= 0.3 is 0 Å². The molecule has 0 unspecified atom stereocenters. The van der Waals surface area contributed by atoms with Gasteiger partial charge in [-0.05, 0) is 36.6 Å². The fourth-order valence-corrected chi connectivity index (χ4v) is 6.05. The molecule has 214 valence electrons. The molecule has 3 aromatic rings. The summed E-state index contributed by atoms with van der Waals surface area (Å²) in [5.74, 6) is 1.43. The Morgan fingerprint density at radius 2 is 1.90 bits per heavy atom. The molecule has 0 aliphatic carbocycles. The molecule has 1 amide bonds. The Morgan fingerprint density at radius 1 is 1.07 bits per heavy atom. The van der Waals surface area contributed by atoms with Crippen molar-refractivity contribution < 1.29 is 14.3 Å². The van der Waals surface area contributed by atoms with Gasteiger partial charge in [0.05, 0.1) is 43.8 Å². The van der Waals surface area contributed by atoms with Crippen LogP contribution in [0.15, 0.2) is 36.7 Å². The molecule has 0 spiro atoms. The average molecular weight is 557 g/mol. The highest BCUT2D eigenvalue weighted by molar-refractivity contribution is 5.80. The topological polar surface area (TPSA) is 108 Å². The number of nitrogens with zero attached hydrogens (tertiary/aromatic N) is 6. The fraction of sp³-hybridized carbons (Fsp3) is 0.467. The number of hydrogen-bond donors (Lipinski definition) is 2. The van der Waals surface area contributed by atoms with Gasteiger partial charge in [0.15, 0.2) is 0 Å². The Bertz CT molecular complexity index is 1420. The van der Waals surface area contributed by atoms with Crippen molar-refractivity contribution in [3.8, 4) is 5.88 Å². The van der Waals surface area contributed by atoms with E-state index in [4.69, 9.17) is 14.5 Å². The maximum atomic E-state index is 12.8. The molecule has 11 heteroatoms. The van der Waals surface area contributed by atoms with E-state index in [2.05, 4.69) is 37.3 Å². The number of carbonyl (C=O) groups is 1. The predicted molar refractivity (Wildman–Crippen MR) is 156 cm³/mol. The summed E-state index contributed by atoms with van der Waals surface area (Å²) in [7, 11) is 0. The fourth-order valence-electron chi connectivity index (χ4n) is 6.05. The van der Waals surface area contributed by atoms with Crippen LogP contribution in [0.2, 0.25) is 0 Å². The quantitative estimate of drug-likeness (QED) is 0.470. The summed E-state index contributed by atoms with van der Waals surface area (Å²) in [5, 5.41) is 6.77. The lowest BCUT2D eigenvalue weighted by Gasteiger charge is -2.46. The van der Waals surface area contributed by atoms with Crippen molar-refractivity contribution in [1.82, 2.24) is 24.8 Å². The molecule has 4 aliphatic heterocycles. The Labute approximate surface area is 239 Å². The highest BCUT2D eigenvalue weighted by Gasteiger charge is 2.35. The highest BCUT2D eigenvalue weighted by atomic mass is 16.5. The van der Waals surface area contributed by atoms with E-state index < -0.39 is 0 Å². The van der Waals surface area contributed by atoms with Crippen LogP contribution in [-0.4, -0.2) is 95.8 Å². The number of aromatic nitrogens is 3. The van der Waals surface area contributed by atoms with Crippen LogP contribution >= 0.6 is 0 Å². The Balaban J connectivity index is 0.958. The van der Waals surface area contributed by atoms with Crippen LogP contribution in [0.4, 0.5) is 23.0 Å². The molecule has 0 atom stereocenters. The first-order chi connectivity index (χ1) is 20.1. The van der Waals surface area contributed by atoms with Crippen molar-refractivity contribution in [1.29, 1.82) is 0 Å². The summed E-state index contributed by atoms with van der Waals surface area (Å²) >= 11 is 0. The third-order valence-corrected chi connectivity index (χ3v) is 8.55. The summed E-state index contributed by atoms with van der Waals surface area (Å²) in [6.45, 7) is 10.3. The smallest absolute Gasteiger partial charge is 0.237 e. The second kappa shape index (κ2) is 11.1. The molecule has 2 aromatic heterocycles. The number of morpholine rings is 1. The van der Waals surface area contributed by atoms with Crippen molar-refractivity contribution in [3.05, 3.63) is 59.0 Å². The van der Waals surface area contributed by atoms with E-state index in [0.29, 0.717) is 37.4 Å². The lowest BCUT2D eigenvalue weighted by molar-refractivity contribution is -0.139. The number of carbonyl (C=O) groups excluding carboxylic acids is 1. The summed E-state index contributed by atoms with van der Waals surface area (Å²) in [5.41, 5.74) is 7.32. The van der Waals surface area contributed by atoms with Crippen molar-refractivity contribution in [2.24, 2.45) is 0 Å². The van der Waals surface area contributed by atoms with Crippen molar-refractivity contribution in [3.63, 3.8) is 0 Å². The number of ether oxygens (including phenoxy) is 2. The molecule has 0 bridgehead atoms. The van der Waals surface area contributed by atoms with E-state index in [-0.39, 0.29) is 5.91 Å². The molecule has 41 heavy (non-hydrogen) atoms. The van der Waals surface area contributed by atoms with E-state index in [9.17, 15) is 4.79 Å². The van der Waals surface area contributed by atoms with Crippen molar-refractivity contribution >= 4 is 28.9 Å². The van der Waals surface area contributed by atoms with Crippen molar-refractivity contribution in [2.75, 3.05) is 74.6 Å². The largest absolute Gasteiger partial charge is 0.474 e. The zero-order chi connectivity index (χ0) is 27.8. The highest BCUT2D eigenvalue weighted by Crippen LogP contribution is 2.36. The van der Waals surface area contributed by atoms with Crippen LogP contribution < -0.4 is 20.3 Å². The third-order valence-electron chi connectivity index (χ3n) is 8.55. The second-order valence-electron chi connectivity index (χ2n) is 11.2. The van der Waals surface area contributed by atoms with Crippen LogP contribution in [0.1, 0.15) is 22.4 Å². The van der Waals surface area contributed by atoms with Crippen LogP contribution in [-0.2, 0) is 28.9 Å². The molecule has 2 saturated heterocycles. The Morgan fingerprint density at radius 3 is 2.73 bits per heavy atom. The molecule has 0 saturated carbocycles. The molecule has 11 nitrogen and oxygen atoms in total. The first-order valence-corrected chi connectivity index (χ1v) is 14.5. The average Bonchev–Trinajstić information content (AvgIpc) is 2.98. The molecule has 7 rings (SSSR count). The number of amides is 1. The van der Waals surface area contributed by atoms with Gasteiger partial charge in [0.1, 0.15) is 12.3 Å². The maximum Gasteiger partial charge on any atom is 0.237 e. The van der Waals surface area contributed by atoms with E-state index in [0.717, 1.165) is 92.8 Å². The number of nitrogens with one attached hydrogen (secondary N) is 2. The van der Waals surface area contributed by atoms with Gasteiger partial charge < -0.3 is 29.9 Å². The Kier molecular flexibility index (Phi) is 7.05. The normalized spacial score (nSPS) is 19.0. The maximum absolute atomic E-state index is 12.8. The summed E-state index contributed by atoms with van der Waals surface area (Å²) in [6, 6.07) is 8.46. The first-order valence-electron chi connectivity index (χ1n) is 14.5. The number of hydrogen-bond acceptors (Lipinski definition) is 10. The molecule has 0 radical (unpaired) electrons. The van der Waals surface area contributed by atoms with Crippen LogP contribution in [0.25, 0.3) is 0 Å². The second-order valence-corrected chi connectivity index (χ2v) is 11.2. The minimum absolute atomic E-state index is 0.186. The number of pyridine rings is 1. The van der Waals surface area contributed by atoms with E-state index in [1.165, 1.54) is 5.56 Å². The molecular formula is C30H36N8O3. The minimum Gasteiger partial charge on any atom is -0.474 e. The number of benzene rings is 1. The molecule has 2 fully saturated rings.